The van der Waals surface area contributed by atoms with Gasteiger partial charge in [0.05, 0.1) is 22.8 Å². The van der Waals surface area contributed by atoms with Crippen LogP contribution in [0.25, 0.3) is 0 Å². The summed E-state index contributed by atoms with van der Waals surface area (Å²) in [7, 11) is 0. The Morgan fingerprint density at radius 1 is 0.516 bits per heavy atom. The van der Waals surface area contributed by atoms with E-state index < -0.39 is 0 Å². The molecule has 0 bridgehead atoms. The number of hydrogen-bond donors (Lipinski definition) is 0. The summed E-state index contributed by atoms with van der Waals surface area (Å²) in [6, 6.07) is 35.7. The van der Waals surface area contributed by atoms with Gasteiger partial charge in [-0.1, -0.05) is 105 Å². The van der Waals surface area contributed by atoms with Crippen LogP contribution in [0.4, 0.5) is 11.4 Å². The second-order valence-corrected chi connectivity index (χ2v) is 8.10. The summed E-state index contributed by atoms with van der Waals surface area (Å²) in [5.41, 5.74) is 9.40. The van der Waals surface area contributed by atoms with E-state index in [9.17, 15) is 0 Å². The van der Waals surface area contributed by atoms with E-state index in [1.807, 2.05) is 12.1 Å². The number of aliphatic imine (C=N–C) groups is 2. The van der Waals surface area contributed by atoms with E-state index in [0.717, 1.165) is 45.1 Å². The van der Waals surface area contributed by atoms with Gasteiger partial charge in [0.1, 0.15) is 0 Å². The molecular formula is C29H24N2. The van der Waals surface area contributed by atoms with Crippen LogP contribution in [0.1, 0.15) is 47.6 Å². The molecule has 150 valence electrons. The van der Waals surface area contributed by atoms with E-state index in [4.69, 9.17) is 9.98 Å². The van der Waals surface area contributed by atoms with Gasteiger partial charge in [-0.2, -0.15) is 0 Å². The summed E-state index contributed by atoms with van der Waals surface area (Å²) >= 11 is 0. The van der Waals surface area contributed by atoms with Crippen molar-refractivity contribution in [3.8, 4) is 0 Å². The fraction of sp³-hybridized carbons (Fsp3) is 0.103. The minimum atomic E-state index is 0.427. The largest absolute Gasteiger partial charge is 0.245 e. The van der Waals surface area contributed by atoms with Gasteiger partial charge in [0.25, 0.3) is 0 Å². The zero-order chi connectivity index (χ0) is 21.2. The smallest absolute Gasteiger partial charge is 0.0897 e. The quantitative estimate of drug-likeness (QED) is 0.300. The summed E-state index contributed by atoms with van der Waals surface area (Å²) in [5.74, 6) is 0.427. The normalized spacial score (nSPS) is 12.9. The maximum Gasteiger partial charge on any atom is 0.0897 e. The third-order valence-electron chi connectivity index (χ3n) is 5.66. The zero-order valence-electron chi connectivity index (χ0n) is 17.8. The predicted molar refractivity (Wildman–Crippen MR) is 130 cm³/mol. The first-order valence-corrected chi connectivity index (χ1v) is 10.7. The highest BCUT2D eigenvalue weighted by molar-refractivity contribution is 6.25. The first kappa shape index (κ1) is 19.2. The first-order valence-electron chi connectivity index (χ1n) is 10.7. The van der Waals surface area contributed by atoms with Gasteiger partial charge in [-0.25, -0.2) is 9.98 Å². The van der Waals surface area contributed by atoms with E-state index in [-0.39, 0.29) is 0 Å². The average molecular weight is 401 g/mol. The Bertz CT molecular complexity index is 1280. The first-order chi connectivity index (χ1) is 15.2. The van der Waals surface area contributed by atoms with Gasteiger partial charge in [0.2, 0.25) is 0 Å². The SMILES string of the molecule is CC(C)c1ccc2c(c1)N=C(c1ccccc1)c1ccccc1C(c1ccccc1)=N2. The summed E-state index contributed by atoms with van der Waals surface area (Å²) < 4.78 is 0. The van der Waals surface area contributed by atoms with Crippen molar-refractivity contribution >= 4 is 22.8 Å². The monoisotopic (exact) mass is 400 g/mol. The van der Waals surface area contributed by atoms with Crippen molar-refractivity contribution in [3.05, 3.63) is 131 Å². The van der Waals surface area contributed by atoms with Crippen molar-refractivity contribution in [1.29, 1.82) is 0 Å². The van der Waals surface area contributed by atoms with Gasteiger partial charge in [-0.15, -0.1) is 0 Å². The van der Waals surface area contributed by atoms with E-state index in [0.29, 0.717) is 5.92 Å². The third kappa shape index (κ3) is 3.73. The van der Waals surface area contributed by atoms with Crippen LogP contribution < -0.4 is 0 Å². The van der Waals surface area contributed by atoms with Crippen molar-refractivity contribution < 1.29 is 0 Å². The highest BCUT2D eigenvalue weighted by Gasteiger charge is 2.20. The van der Waals surface area contributed by atoms with Crippen molar-refractivity contribution in [2.45, 2.75) is 19.8 Å². The number of rotatable bonds is 3. The topological polar surface area (TPSA) is 24.7 Å². The molecule has 0 N–H and O–H groups in total. The summed E-state index contributed by atoms with van der Waals surface area (Å²) in [4.78, 5) is 10.3. The fourth-order valence-electron chi connectivity index (χ4n) is 3.97. The molecule has 4 aromatic rings. The Kier molecular flexibility index (Phi) is 5.05. The molecular weight excluding hydrogens is 376 g/mol. The molecule has 0 aromatic heterocycles. The molecule has 0 aliphatic carbocycles. The van der Waals surface area contributed by atoms with Gasteiger partial charge in [-0.3, -0.25) is 0 Å². The predicted octanol–water partition coefficient (Wildman–Crippen LogP) is 7.46. The molecule has 4 aromatic carbocycles. The average Bonchev–Trinajstić information content (AvgIpc) is 2.81. The highest BCUT2D eigenvalue weighted by Crippen LogP contribution is 2.36. The molecule has 2 heteroatoms. The fourth-order valence-corrected chi connectivity index (χ4v) is 3.97. The van der Waals surface area contributed by atoms with Crippen LogP contribution in [-0.2, 0) is 0 Å². The lowest BCUT2D eigenvalue weighted by Crippen LogP contribution is -2.14. The Hall–Kier alpha value is -3.78. The highest BCUT2D eigenvalue weighted by atomic mass is 14.9. The van der Waals surface area contributed by atoms with Gasteiger partial charge < -0.3 is 0 Å². The second kappa shape index (κ2) is 8.16. The van der Waals surface area contributed by atoms with Crippen molar-refractivity contribution in [2.24, 2.45) is 9.98 Å². The van der Waals surface area contributed by atoms with Crippen LogP contribution in [0.15, 0.2) is 113 Å². The maximum absolute atomic E-state index is 5.19. The molecule has 0 unspecified atom stereocenters. The minimum absolute atomic E-state index is 0.427. The van der Waals surface area contributed by atoms with Crippen LogP contribution in [0.2, 0.25) is 0 Å². The lowest BCUT2D eigenvalue weighted by Gasteiger charge is -2.19. The van der Waals surface area contributed by atoms with E-state index in [2.05, 4.69) is 105 Å². The second-order valence-electron chi connectivity index (χ2n) is 8.10. The molecule has 1 heterocycles. The maximum atomic E-state index is 5.19. The van der Waals surface area contributed by atoms with Crippen molar-refractivity contribution in [2.75, 3.05) is 0 Å². The molecule has 0 atom stereocenters. The van der Waals surface area contributed by atoms with Gasteiger partial charge in [0, 0.05) is 22.3 Å². The Morgan fingerprint density at radius 3 is 1.52 bits per heavy atom. The van der Waals surface area contributed by atoms with Crippen LogP contribution in [0.5, 0.6) is 0 Å². The Morgan fingerprint density at radius 2 is 1.00 bits per heavy atom. The van der Waals surface area contributed by atoms with Crippen LogP contribution in [-0.4, -0.2) is 11.4 Å². The standard InChI is InChI=1S/C29H24N2/c1-20(2)23-17-18-26-27(19-23)31-29(22-13-7-4-8-14-22)25-16-10-9-15-24(25)28(30-26)21-11-5-3-6-12-21/h3-20H,1-2H3. The van der Waals surface area contributed by atoms with Gasteiger partial charge in [0.15, 0.2) is 0 Å². The van der Waals surface area contributed by atoms with Gasteiger partial charge in [-0.05, 0) is 23.6 Å². The molecule has 0 radical (unpaired) electrons. The lowest BCUT2D eigenvalue weighted by atomic mass is 9.91. The molecule has 0 saturated carbocycles. The zero-order valence-corrected chi connectivity index (χ0v) is 17.8. The minimum Gasteiger partial charge on any atom is -0.245 e. The molecule has 0 fully saturated rings. The van der Waals surface area contributed by atoms with Crippen LogP contribution in [0.3, 0.4) is 0 Å². The lowest BCUT2D eigenvalue weighted by molar-refractivity contribution is 0.867. The Balaban J connectivity index is 1.85. The number of hydrogen-bond acceptors (Lipinski definition) is 2. The Labute approximate surface area is 183 Å². The molecule has 31 heavy (non-hydrogen) atoms. The van der Waals surface area contributed by atoms with E-state index in [1.54, 1.807) is 0 Å². The van der Waals surface area contributed by atoms with E-state index >= 15 is 0 Å². The molecule has 1 aliphatic heterocycles. The van der Waals surface area contributed by atoms with Crippen molar-refractivity contribution in [3.63, 3.8) is 0 Å². The number of fused-ring (bicyclic) bond motifs is 2. The van der Waals surface area contributed by atoms with Crippen LogP contribution >= 0.6 is 0 Å². The molecule has 0 amide bonds. The molecule has 5 rings (SSSR count). The van der Waals surface area contributed by atoms with E-state index in [1.165, 1.54) is 5.56 Å². The molecule has 2 nitrogen and oxygen atoms in total. The van der Waals surface area contributed by atoms with Gasteiger partial charge >= 0.3 is 0 Å². The summed E-state index contributed by atoms with van der Waals surface area (Å²) in [6.45, 7) is 4.42. The number of nitrogens with zero attached hydrogens (tertiary/aromatic N) is 2. The molecule has 0 spiro atoms. The molecule has 0 saturated heterocycles. The summed E-state index contributed by atoms with van der Waals surface area (Å²) in [6.07, 6.45) is 0. The molecule has 1 aliphatic rings. The number of benzene rings is 4. The van der Waals surface area contributed by atoms with Crippen molar-refractivity contribution in [1.82, 2.24) is 0 Å². The van der Waals surface area contributed by atoms with Crippen LogP contribution in [0, 0.1) is 0 Å². The third-order valence-corrected chi connectivity index (χ3v) is 5.66. The summed E-state index contributed by atoms with van der Waals surface area (Å²) in [5, 5.41) is 0.